The van der Waals surface area contributed by atoms with E-state index in [1.165, 1.54) is 0 Å². The Morgan fingerprint density at radius 3 is 2.54 bits per heavy atom. The summed E-state index contributed by atoms with van der Waals surface area (Å²) in [6, 6.07) is 9.52. The predicted molar refractivity (Wildman–Crippen MR) is 133 cm³/mol. The highest BCUT2D eigenvalue weighted by Gasteiger charge is 2.36. The number of carbonyl (C=O) groups excluding carboxylic acids is 3. The van der Waals surface area contributed by atoms with Gasteiger partial charge in [0, 0.05) is 31.0 Å². The second-order valence-corrected chi connectivity index (χ2v) is 9.82. The zero-order valence-electron chi connectivity index (χ0n) is 21.5. The number of hydrogen-bond donors (Lipinski definition) is 0. The van der Waals surface area contributed by atoms with E-state index in [9.17, 15) is 14.4 Å². The summed E-state index contributed by atoms with van der Waals surface area (Å²) in [5.41, 5.74) is 2.77. The number of likely N-dealkylation sites (tertiary alicyclic amines) is 1. The van der Waals surface area contributed by atoms with Crippen molar-refractivity contribution in [3.63, 3.8) is 0 Å². The average molecular weight is 485 g/mol. The SMILES string of the molecule is CCOC(=O)CCN(C(=O)C1CCN(C(=O)OC(C)(C)C)C1)c1cccc(-n2nc(C)cc2C)c1. The lowest BCUT2D eigenvalue weighted by molar-refractivity contribution is -0.142. The smallest absolute Gasteiger partial charge is 0.410 e. The summed E-state index contributed by atoms with van der Waals surface area (Å²) in [6.45, 7) is 12.3. The van der Waals surface area contributed by atoms with Crippen molar-refractivity contribution in [3.05, 3.63) is 41.7 Å². The highest BCUT2D eigenvalue weighted by atomic mass is 16.6. The maximum Gasteiger partial charge on any atom is 0.410 e. The Kier molecular flexibility index (Phi) is 8.19. The summed E-state index contributed by atoms with van der Waals surface area (Å²) in [7, 11) is 0. The molecule has 0 N–H and O–H groups in total. The minimum Gasteiger partial charge on any atom is -0.466 e. The van der Waals surface area contributed by atoms with Crippen molar-refractivity contribution < 1.29 is 23.9 Å². The van der Waals surface area contributed by atoms with Gasteiger partial charge >= 0.3 is 12.1 Å². The zero-order valence-corrected chi connectivity index (χ0v) is 21.5. The number of anilines is 1. The van der Waals surface area contributed by atoms with Crippen molar-refractivity contribution in [2.45, 2.75) is 60.0 Å². The molecule has 190 valence electrons. The van der Waals surface area contributed by atoms with Crippen LogP contribution in [0.1, 0.15) is 51.9 Å². The van der Waals surface area contributed by atoms with Gasteiger partial charge in [0.1, 0.15) is 5.60 Å². The lowest BCUT2D eigenvalue weighted by Gasteiger charge is -2.27. The lowest BCUT2D eigenvalue weighted by atomic mass is 10.1. The minimum atomic E-state index is -0.603. The Bertz CT molecular complexity index is 1070. The number of benzene rings is 1. The van der Waals surface area contributed by atoms with E-state index in [-0.39, 0.29) is 43.9 Å². The third-order valence-corrected chi connectivity index (χ3v) is 5.70. The number of aromatic nitrogens is 2. The van der Waals surface area contributed by atoms with Gasteiger partial charge in [-0.3, -0.25) is 9.59 Å². The third-order valence-electron chi connectivity index (χ3n) is 5.70. The second kappa shape index (κ2) is 10.9. The van der Waals surface area contributed by atoms with Gasteiger partial charge in [-0.2, -0.15) is 5.10 Å². The van der Waals surface area contributed by atoms with Crippen LogP contribution < -0.4 is 4.90 Å². The fourth-order valence-electron chi connectivity index (χ4n) is 4.16. The van der Waals surface area contributed by atoms with Crippen LogP contribution in [-0.4, -0.2) is 64.5 Å². The minimum absolute atomic E-state index is 0.0756. The van der Waals surface area contributed by atoms with Crippen LogP contribution in [0.2, 0.25) is 0 Å². The topological polar surface area (TPSA) is 94.0 Å². The van der Waals surface area contributed by atoms with E-state index in [1.807, 2.05) is 69.6 Å². The summed E-state index contributed by atoms with van der Waals surface area (Å²) in [5, 5.41) is 4.54. The van der Waals surface area contributed by atoms with Gasteiger partial charge in [0.05, 0.1) is 30.3 Å². The van der Waals surface area contributed by atoms with Gasteiger partial charge in [0.25, 0.3) is 0 Å². The van der Waals surface area contributed by atoms with Gasteiger partial charge in [-0.25, -0.2) is 9.48 Å². The first-order chi connectivity index (χ1) is 16.5. The van der Waals surface area contributed by atoms with Crippen LogP contribution in [0.4, 0.5) is 10.5 Å². The van der Waals surface area contributed by atoms with Crippen molar-refractivity contribution in [2.75, 3.05) is 31.1 Å². The van der Waals surface area contributed by atoms with Crippen LogP contribution in [0.3, 0.4) is 0 Å². The van der Waals surface area contributed by atoms with Crippen LogP contribution in [0.15, 0.2) is 30.3 Å². The largest absolute Gasteiger partial charge is 0.466 e. The standard InChI is InChI=1S/C26H36N4O5/c1-7-34-23(31)12-14-29(21-9-8-10-22(16-21)30-19(3)15-18(2)27-30)24(32)20-11-13-28(17-20)25(33)35-26(4,5)6/h8-10,15-16,20H,7,11-14,17H2,1-6H3. The highest BCUT2D eigenvalue weighted by molar-refractivity contribution is 5.96. The number of aryl methyl sites for hydroxylation is 2. The van der Waals surface area contributed by atoms with Gasteiger partial charge in [-0.1, -0.05) is 6.07 Å². The molecule has 1 aromatic heterocycles. The summed E-state index contributed by atoms with van der Waals surface area (Å²) in [4.78, 5) is 41.4. The van der Waals surface area contributed by atoms with E-state index in [0.717, 1.165) is 17.1 Å². The first kappa shape index (κ1) is 26.2. The molecule has 0 bridgehead atoms. The summed E-state index contributed by atoms with van der Waals surface area (Å²) in [5.74, 6) is -0.880. The van der Waals surface area contributed by atoms with Gasteiger partial charge in [-0.05, 0) is 72.2 Å². The fourth-order valence-corrected chi connectivity index (χ4v) is 4.16. The van der Waals surface area contributed by atoms with Crippen LogP contribution in [0.5, 0.6) is 0 Å². The molecule has 9 heteroatoms. The van der Waals surface area contributed by atoms with E-state index in [0.29, 0.717) is 18.7 Å². The molecule has 2 heterocycles. The lowest BCUT2D eigenvalue weighted by Crippen LogP contribution is -2.40. The van der Waals surface area contributed by atoms with Crippen molar-refractivity contribution in [2.24, 2.45) is 5.92 Å². The molecule has 1 saturated heterocycles. The molecule has 0 spiro atoms. The normalized spacial score (nSPS) is 15.7. The first-order valence-corrected chi connectivity index (χ1v) is 12.1. The maximum absolute atomic E-state index is 13.7. The Hall–Kier alpha value is -3.36. The molecule has 1 aliphatic heterocycles. The fraction of sp³-hybridized carbons (Fsp3) is 0.538. The van der Waals surface area contributed by atoms with Crippen LogP contribution in [0, 0.1) is 19.8 Å². The molecule has 9 nitrogen and oxygen atoms in total. The Balaban J connectivity index is 1.83. The number of esters is 1. The van der Waals surface area contributed by atoms with Gasteiger partial charge < -0.3 is 19.3 Å². The zero-order chi connectivity index (χ0) is 25.8. The number of nitrogens with zero attached hydrogens (tertiary/aromatic N) is 4. The number of ether oxygens (including phenoxy) is 2. The van der Waals surface area contributed by atoms with Crippen molar-refractivity contribution >= 4 is 23.7 Å². The number of hydrogen-bond acceptors (Lipinski definition) is 6. The second-order valence-electron chi connectivity index (χ2n) is 9.82. The van der Waals surface area contributed by atoms with Crippen LogP contribution in [0.25, 0.3) is 5.69 Å². The summed E-state index contributed by atoms with van der Waals surface area (Å²) in [6.07, 6.45) is 0.189. The molecule has 35 heavy (non-hydrogen) atoms. The molecule has 2 amide bonds. The Morgan fingerprint density at radius 1 is 1.17 bits per heavy atom. The highest BCUT2D eigenvalue weighted by Crippen LogP contribution is 2.26. The summed E-state index contributed by atoms with van der Waals surface area (Å²) < 4.78 is 12.4. The van der Waals surface area contributed by atoms with Gasteiger partial charge in [0.2, 0.25) is 5.91 Å². The number of rotatable bonds is 7. The third kappa shape index (κ3) is 6.83. The van der Waals surface area contributed by atoms with Crippen LogP contribution in [-0.2, 0) is 19.1 Å². The molecule has 1 aliphatic rings. The number of carbonyl (C=O) groups is 3. The quantitative estimate of drug-likeness (QED) is 0.551. The molecule has 2 aromatic rings. The number of amides is 2. The van der Waals surface area contributed by atoms with Crippen molar-refractivity contribution in [1.82, 2.24) is 14.7 Å². The molecule has 0 saturated carbocycles. The van der Waals surface area contributed by atoms with E-state index in [4.69, 9.17) is 9.47 Å². The van der Waals surface area contributed by atoms with E-state index < -0.39 is 11.7 Å². The predicted octanol–water partition coefficient (Wildman–Crippen LogP) is 4.03. The van der Waals surface area contributed by atoms with E-state index in [1.54, 1.807) is 16.7 Å². The molecule has 1 aromatic carbocycles. The van der Waals surface area contributed by atoms with E-state index in [2.05, 4.69) is 5.10 Å². The average Bonchev–Trinajstić information content (AvgIpc) is 3.39. The molecule has 1 unspecified atom stereocenters. The Morgan fingerprint density at radius 2 is 1.91 bits per heavy atom. The molecule has 1 fully saturated rings. The molecule has 1 atom stereocenters. The van der Waals surface area contributed by atoms with Crippen LogP contribution >= 0.6 is 0 Å². The van der Waals surface area contributed by atoms with E-state index >= 15 is 0 Å². The Labute approximate surface area is 207 Å². The monoisotopic (exact) mass is 484 g/mol. The molecular weight excluding hydrogens is 448 g/mol. The first-order valence-electron chi connectivity index (χ1n) is 12.1. The van der Waals surface area contributed by atoms with Crippen molar-refractivity contribution in [3.8, 4) is 5.69 Å². The molecule has 0 radical (unpaired) electrons. The maximum atomic E-state index is 13.7. The summed E-state index contributed by atoms with van der Waals surface area (Å²) >= 11 is 0. The van der Waals surface area contributed by atoms with Gasteiger partial charge in [0.15, 0.2) is 0 Å². The van der Waals surface area contributed by atoms with Crippen molar-refractivity contribution in [1.29, 1.82) is 0 Å². The molecule has 0 aliphatic carbocycles. The molecule has 3 rings (SSSR count). The molecular formula is C26H36N4O5. The van der Waals surface area contributed by atoms with Gasteiger partial charge in [-0.15, -0.1) is 0 Å².